The van der Waals surface area contributed by atoms with Crippen molar-refractivity contribution in [3.63, 3.8) is 0 Å². The maximum Gasteiger partial charge on any atom is 0.173 e. The van der Waals surface area contributed by atoms with E-state index >= 15 is 0 Å². The number of aryl methyl sites for hydroxylation is 1. The lowest BCUT2D eigenvalue weighted by atomic mass is 10.2. The summed E-state index contributed by atoms with van der Waals surface area (Å²) in [5, 5.41) is 4.78. The number of hydrogen-bond donors (Lipinski definition) is 1. The van der Waals surface area contributed by atoms with Crippen LogP contribution in [0.1, 0.15) is 12.5 Å². The number of benzene rings is 2. The Morgan fingerprint density at radius 1 is 1.15 bits per heavy atom. The van der Waals surface area contributed by atoms with E-state index in [4.69, 9.17) is 28.6 Å². The van der Waals surface area contributed by atoms with Crippen LogP contribution in [0.5, 0.6) is 5.75 Å². The first-order chi connectivity index (χ1) is 12.6. The molecule has 1 N–H and O–H groups in total. The van der Waals surface area contributed by atoms with E-state index in [1.54, 1.807) is 0 Å². The number of anilines is 2. The van der Waals surface area contributed by atoms with E-state index in [0.717, 1.165) is 59.0 Å². The van der Waals surface area contributed by atoms with Gasteiger partial charge in [-0.15, -0.1) is 0 Å². The molecule has 1 aliphatic heterocycles. The number of ether oxygens (including phenoxy) is 1. The Bertz CT molecular complexity index is 775. The van der Waals surface area contributed by atoms with Crippen molar-refractivity contribution in [2.45, 2.75) is 13.8 Å². The van der Waals surface area contributed by atoms with Crippen LogP contribution in [0.4, 0.5) is 11.4 Å². The summed E-state index contributed by atoms with van der Waals surface area (Å²) in [4.78, 5) is 4.55. The van der Waals surface area contributed by atoms with Crippen molar-refractivity contribution in [1.29, 1.82) is 0 Å². The van der Waals surface area contributed by atoms with Crippen LogP contribution in [0.25, 0.3) is 0 Å². The summed E-state index contributed by atoms with van der Waals surface area (Å²) in [5.41, 5.74) is 3.14. The minimum Gasteiger partial charge on any atom is -0.492 e. The Morgan fingerprint density at radius 2 is 1.88 bits per heavy atom. The summed E-state index contributed by atoms with van der Waals surface area (Å²) >= 11 is 11.8. The summed E-state index contributed by atoms with van der Waals surface area (Å²) in [7, 11) is 0. The zero-order valence-corrected chi connectivity index (χ0v) is 16.7. The lowest BCUT2D eigenvalue weighted by Gasteiger charge is -2.38. The van der Waals surface area contributed by atoms with E-state index < -0.39 is 0 Å². The second-order valence-electron chi connectivity index (χ2n) is 6.27. The second-order valence-corrected chi connectivity index (χ2v) is 7.06. The highest BCUT2D eigenvalue weighted by atomic mass is 35.5. The number of nitrogens with one attached hydrogen (secondary N) is 1. The number of thiocarbonyl (C=S) groups is 1. The molecule has 1 heterocycles. The number of para-hydroxylation sites is 2. The molecule has 3 rings (SSSR count). The molecule has 0 aliphatic carbocycles. The van der Waals surface area contributed by atoms with Crippen molar-refractivity contribution in [3.8, 4) is 5.75 Å². The van der Waals surface area contributed by atoms with Crippen molar-refractivity contribution in [2.24, 2.45) is 0 Å². The molecule has 2 aromatic rings. The lowest BCUT2D eigenvalue weighted by molar-refractivity contribution is 0.336. The summed E-state index contributed by atoms with van der Waals surface area (Å²) in [6.07, 6.45) is 0. The molecule has 26 heavy (non-hydrogen) atoms. The van der Waals surface area contributed by atoms with Crippen molar-refractivity contribution in [2.75, 3.05) is 43.0 Å². The first kappa shape index (κ1) is 18.8. The molecule has 138 valence electrons. The van der Waals surface area contributed by atoms with Crippen molar-refractivity contribution in [1.82, 2.24) is 4.90 Å². The van der Waals surface area contributed by atoms with Crippen LogP contribution in [-0.4, -0.2) is 42.8 Å². The van der Waals surface area contributed by atoms with E-state index in [1.807, 2.05) is 44.2 Å². The molecule has 6 heteroatoms. The molecule has 0 unspecified atom stereocenters. The van der Waals surface area contributed by atoms with Crippen LogP contribution >= 0.6 is 23.8 Å². The predicted octanol–water partition coefficient (Wildman–Crippen LogP) is 4.57. The Labute approximate surface area is 165 Å². The molecule has 2 aromatic carbocycles. The van der Waals surface area contributed by atoms with Gasteiger partial charge in [-0.1, -0.05) is 29.8 Å². The fourth-order valence-electron chi connectivity index (χ4n) is 3.02. The third kappa shape index (κ3) is 4.40. The van der Waals surface area contributed by atoms with Gasteiger partial charge in [0.15, 0.2) is 5.11 Å². The number of piperazine rings is 1. The van der Waals surface area contributed by atoms with Crippen LogP contribution in [0.3, 0.4) is 0 Å². The molecular weight excluding hydrogens is 366 g/mol. The molecule has 0 saturated carbocycles. The van der Waals surface area contributed by atoms with Crippen molar-refractivity contribution in [3.05, 3.63) is 53.1 Å². The van der Waals surface area contributed by atoms with E-state index in [9.17, 15) is 0 Å². The Hall–Kier alpha value is -1.98. The topological polar surface area (TPSA) is 27.7 Å². The van der Waals surface area contributed by atoms with Gasteiger partial charge in [-0.05, 0) is 55.9 Å². The Balaban J connectivity index is 1.59. The smallest absolute Gasteiger partial charge is 0.173 e. The average Bonchev–Trinajstić information content (AvgIpc) is 2.66. The molecule has 0 atom stereocenters. The van der Waals surface area contributed by atoms with Gasteiger partial charge >= 0.3 is 0 Å². The number of rotatable bonds is 4. The highest BCUT2D eigenvalue weighted by Crippen LogP contribution is 2.29. The van der Waals surface area contributed by atoms with Crippen LogP contribution < -0.4 is 15.0 Å². The maximum atomic E-state index is 6.20. The van der Waals surface area contributed by atoms with Crippen LogP contribution in [0.15, 0.2) is 42.5 Å². The first-order valence-corrected chi connectivity index (χ1v) is 9.66. The third-order valence-corrected chi connectivity index (χ3v) is 5.26. The lowest BCUT2D eigenvalue weighted by Crippen LogP contribution is -2.50. The maximum absolute atomic E-state index is 6.20. The fraction of sp³-hybridized carbons (Fsp3) is 0.350. The molecular formula is C20H24ClN3OS. The third-order valence-electron chi connectivity index (χ3n) is 4.50. The van der Waals surface area contributed by atoms with E-state index in [2.05, 4.69) is 27.2 Å². The standard InChI is InChI=1S/C20H24ClN3OS/c1-3-25-19-7-5-4-6-18(19)23-10-12-24(13-11-23)20(26)22-16-9-8-15(2)17(21)14-16/h4-9,14H,3,10-13H2,1-2H3,(H,22,26). The summed E-state index contributed by atoms with van der Waals surface area (Å²) < 4.78 is 5.76. The Kier molecular flexibility index (Phi) is 6.22. The minimum absolute atomic E-state index is 0.671. The van der Waals surface area contributed by atoms with Gasteiger partial charge in [-0.2, -0.15) is 0 Å². The molecule has 4 nitrogen and oxygen atoms in total. The molecule has 0 radical (unpaired) electrons. The van der Waals surface area contributed by atoms with Gasteiger partial charge in [0.2, 0.25) is 0 Å². The molecule has 0 spiro atoms. The van der Waals surface area contributed by atoms with E-state index in [0.29, 0.717) is 6.61 Å². The van der Waals surface area contributed by atoms with Crippen LogP contribution in [0.2, 0.25) is 5.02 Å². The van der Waals surface area contributed by atoms with Crippen molar-refractivity contribution >= 4 is 40.3 Å². The van der Waals surface area contributed by atoms with Crippen molar-refractivity contribution < 1.29 is 4.74 Å². The van der Waals surface area contributed by atoms with Crippen LogP contribution in [0, 0.1) is 6.92 Å². The van der Waals surface area contributed by atoms with E-state index in [-0.39, 0.29) is 0 Å². The zero-order chi connectivity index (χ0) is 18.5. The SMILES string of the molecule is CCOc1ccccc1N1CCN(C(=S)Nc2ccc(C)c(Cl)c2)CC1. The predicted molar refractivity (Wildman–Crippen MR) is 114 cm³/mol. The average molecular weight is 390 g/mol. The van der Waals surface area contributed by atoms with Gasteiger partial charge < -0.3 is 19.9 Å². The highest BCUT2D eigenvalue weighted by molar-refractivity contribution is 7.80. The van der Waals surface area contributed by atoms with Gasteiger partial charge in [0, 0.05) is 36.9 Å². The number of hydrogen-bond acceptors (Lipinski definition) is 3. The van der Waals surface area contributed by atoms with Gasteiger partial charge in [-0.3, -0.25) is 0 Å². The summed E-state index contributed by atoms with van der Waals surface area (Å²) in [6, 6.07) is 14.1. The number of halogens is 1. The van der Waals surface area contributed by atoms with Gasteiger partial charge in [0.25, 0.3) is 0 Å². The molecule has 0 amide bonds. The molecule has 0 aromatic heterocycles. The molecule has 1 saturated heterocycles. The molecule has 1 aliphatic rings. The van der Waals surface area contributed by atoms with Gasteiger partial charge in [-0.25, -0.2) is 0 Å². The molecule has 1 fully saturated rings. The highest BCUT2D eigenvalue weighted by Gasteiger charge is 2.21. The largest absolute Gasteiger partial charge is 0.492 e. The molecule has 0 bridgehead atoms. The quantitative estimate of drug-likeness (QED) is 0.773. The van der Waals surface area contributed by atoms with Gasteiger partial charge in [0.1, 0.15) is 5.75 Å². The normalized spacial score (nSPS) is 14.3. The first-order valence-electron chi connectivity index (χ1n) is 8.87. The Morgan fingerprint density at radius 3 is 2.58 bits per heavy atom. The number of nitrogens with zero attached hydrogens (tertiary/aromatic N) is 2. The fourth-order valence-corrected chi connectivity index (χ4v) is 3.50. The van der Waals surface area contributed by atoms with E-state index in [1.165, 1.54) is 0 Å². The summed E-state index contributed by atoms with van der Waals surface area (Å²) in [5.74, 6) is 0.943. The zero-order valence-electron chi connectivity index (χ0n) is 15.2. The van der Waals surface area contributed by atoms with Gasteiger partial charge in [0.05, 0.1) is 12.3 Å². The van der Waals surface area contributed by atoms with Crippen LogP contribution in [-0.2, 0) is 0 Å². The monoisotopic (exact) mass is 389 g/mol. The minimum atomic E-state index is 0.671. The second kappa shape index (κ2) is 8.60. The summed E-state index contributed by atoms with van der Waals surface area (Å²) in [6.45, 7) is 8.21.